The Morgan fingerprint density at radius 2 is 1.94 bits per heavy atom. The predicted molar refractivity (Wildman–Crippen MR) is 52.5 cm³/mol. The topological polar surface area (TPSA) is 65.0 Å². The summed E-state index contributed by atoms with van der Waals surface area (Å²) in [6.07, 6.45) is 2.85. The van der Waals surface area contributed by atoms with Crippen molar-refractivity contribution in [2.24, 2.45) is 0 Å². The minimum atomic E-state index is -0.899. The molecule has 16 heavy (non-hydrogen) atoms. The summed E-state index contributed by atoms with van der Waals surface area (Å²) in [5.41, 5.74) is 0. The Labute approximate surface area is 93.7 Å². The van der Waals surface area contributed by atoms with E-state index in [2.05, 4.69) is 0 Å². The molecule has 0 aromatic rings. The Bertz CT molecular complexity index is 286. The Balaban J connectivity index is 1.73. The first-order valence-corrected chi connectivity index (χ1v) is 5.89. The highest BCUT2D eigenvalue weighted by atomic mass is 16.8. The lowest BCUT2D eigenvalue weighted by Gasteiger charge is -2.32. The molecular formula is C11H16O5. The van der Waals surface area contributed by atoms with E-state index in [4.69, 9.17) is 14.2 Å². The summed E-state index contributed by atoms with van der Waals surface area (Å²) in [5.74, 6) is -0.567. The van der Waals surface area contributed by atoms with Crippen molar-refractivity contribution in [3.63, 3.8) is 0 Å². The minimum Gasteiger partial charge on any atom is -0.387 e. The normalized spacial score (nSPS) is 45.8. The molecule has 90 valence electrons. The largest absolute Gasteiger partial charge is 0.387 e. The molecule has 0 aromatic heterocycles. The van der Waals surface area contributed by atoms with Crippen molar-refractivity contribution in [1.82, 2.24) is 0 Å². The highest BCUT2D eigenvalue weighted by Gasteiger charge is 2.57. The SMILES string of the molecule is O=C[C@H]1O[C@H]2OC3(CCCCC3)O[C@@H]2[C@H]1O. The highest BCUT2D eigenvalue weighted by molar-refractivity contribution is 5.58. The molecule has 1 aliphatic carbocycles. The van der Waals surface area contributed by atoms with Crippen molar-refractivity contribution in [1.29, 1.82) is 0 Å². The van der Waals surface area contributed by atoms with Crippen molar-refractivity contribution < 1.29 is 24.1 Å². The van der Waals surface area contributed by atoms with Crippen LogP contribution in [-0.2, 0) is 19.0 Å². The van der Waals surface area contributed by atoms with E-state index < -0.39 is 30.4 Å². The van der Waals surface area contributed by atoms with E-state index in [0.29, 0.717) is 6.29 Å². The molecule has 0 bridgehead atoms. The number of fused-ring (bicyclic) bond motifs is 1. The summed E-state index contributed by atoms with van der Waals surface area (Å²) in [6.45, 7) is 0. The number of aldehydes is 1. The maximum Gasteiger partial charge on any atom is 0.190 e. The number of hydrogen-bond acceptors (Lipinski definition) is 5. The quantitative estimate of drug-likeness (QED) is 0.656. The van der Waals surface area contributed by atoms with Crippen LogP contribution in [0.25, 0.3) is 0 Å². The summed E-state index contributed by atoms with van der Waals surface area (Å²) in [5, 5.41) is 9.81. The van der Waals surface area contributed by atoms with E-state index in [-0.39, 0.29) is 0 Å². The molecule has 0 unspecified atom stereocenters. The minimum absolute atomic E-state index is 0.506. The van der Waals surface area contributed by atoms with Gasteiger partial charge in [0.2, 0.25) is 0 Å². The molecule has 1 saturated carbocycles. The fourth-order valence-corrected chi connectivity index (χ4v) is 2.81. The van der Waals surface area contributed by atoms with Crippen LogP contribution in [0.1, 0.15) is 32.1 Å². The van der Waals surface area contributed by atoms with Crippen LogP contribution in [0.3, 0.4) is 0 Å². The van der Waals surface area contributed by atoms with Crippen molar-refractivity contribution in [3.8, 4) is 0 Å². The fourth-order valence-electron chi connectivity index (χ4n) is 2.81. The first-order chi connectivity index (χ1) is 7.74. The number of carbonyl (C=O) groups is 1. The average Bonchev–Trinajstić information content (AvgIpc) is 2.77. The van der Waals surface area contributed by atoms with Gasteiger partial charge in [-0.2, -0.15) is 0 Å². The van der Waals surface area contributed by atoms with Crippen molar-refractivity contribution in [2.45, 2.75) is 62.5 Å². The Hall–Kier alpha value is -0.490. The van der Waals surface area contributed by atoms with Crippen molar-refractivity contribution in [3.05, 3.63) is 0 Å². The van der Waals surface area contributed by atoms with Gasteiger partial charge in [0.05, 0.1) is 0 Å². The second-order valence-corrected chi connectivity index (χ2v) is 4.77. The lowest BCUT2D eigenvalue weighted by Crippen LogP contribution is -2.39. The average molecular weight is 228 g/mol. The molecule has 2 aliphatic heterocycles. The molecule has 3 fully saturated rings. The molecule has 0 aromatic carbocycles. The van der Waals surface area contributed by atoms with Gasteiger partial charge in [-0.05, 0) is 12.8 Å². The number of carbonyl (C=O) groups excluding carboxylic acids is 1. The third-order valence-corrected chi connectivity index (χ3v) is 3.66. The third kappa shape index (κ3) is 1.50. The van der Waals surface area contributed by atoms with Crippen LogP contribution in [0.2, 0.25) is 0 Å². The van der Waals surface area contributed by atoms with E-state index in [1.165, 1.54) is 6.42 Å². The van der Waals surface area contributed by atoms with Gasteiger partial charge in [0, 0.05) is 12.8 Å². The van der Waals surface area contributed by atoms with E-state index in [1.807, 2.05) is 0 Å². The maximum atomic E-state index is 10.6. The van der Waals surface area contributed by atoms with Gasteiger partial charge in [-0.25, -0.2) is 0 Å². The van der Waals surface area contributed by atoms with Crippen LogP contribution in [0, 0.1) is 0 Å². The number of aliphatic hydroxyl groups excluding tert-OH is 1. The smallest absolute Gasteiger partial charge is 0.190 e. The summed E-state index contributed by atoms with van der Waals surface area (Å²) in [6, 6.07) is 0. The zero-order valence-electron chi connectivity index (χ0n) is 9.00. The summed E-state index contributed by atoms with van der Waals surface area (Å²) >= 11 is 0. The summed E-state index contributed by atoms with van der Waals surface area (Å²) in [7, 11) is 0. The molecule has 1 N–H and O–H groups in total. The molecule has 4 atom stereocenters. The van der Waals surface area contributed by atoms with Crippen LogP contribution < -0.4 is 0 Å². The van der Waals surface area contributed by atoms with Crippen LogP contribution in [0.5, 0.6) is 0 Å². The van der Waals surface area contributed by atoms with E-state index in [0.717, 1.165) is 25.7 Å². The highest BCUT2D eigenvalue weighted by Crippen LogP contribution is 2.44. The molecule has 3 rings (SSSR count). The molecule has 1 spiro atoms. The third-order valence-electron chi connectivity index (χ3n) is 3.66. The molecule has 2 heterocycles. The second kappa shape index (κ2) is 3.77. The maximum absolute atomic E-state index is 10.6. The number of ether oxygens (including phenoxy) is 3. The van der Waals surface area contributed by atoms with Crippen LogP contribution in [0.15, 0.2) is 0 Å². The summed E-state index contributed by atoms with van der Waals surface area (Å²) < 4.78 is 16.9. The lowest BCUT2D eigenvalue weighted by molar-refractivity contribution is -0.242. The van der Waals surface area contributed by atoms with Gasteiger partial charge in [-0.1, -0.05) is 6.42 Å². The van der Waals surface area contributed by atoms with Gasteiger partial charge in [0.15, 0.2) is 18.4 Å². The van der Waals surface area contributed by atoms with E-state index in [9.17, 15) is 9.90 Å². The second-order valence-electron chi connectivity index (χ2n) is 4.77. The van der Waals surface area contributed by atoms with Crippen LogP contribution in [0.4, 0.5) is 0 Å². The molecular weight excluding hydrogens is 212 g/mol. The van der Waals surface area contributed by atoms with Crippen LogP contribution >= 0.6 is 0 Å². The molecule has 2 saturated heterocycles. The van der Waals surface area contributed by atoms with Crippen molar-refractivity contribution >= 4 is 6.29 Å². The van der Waals surface area contributed by atoms with Gasteiger partial charge in [-0.3, -0.25) is 0 Å². The standard InChI is InChI=1S/C11H16O5/c12-6-7-8(13)9-10(14-7)16-11(15-9)4-2-1-3-5-11/h6-10,13H,1-5H2/t7-,8+,9-,10+/m1/s1. The van der Waals surface area contributed by atoms with E-state index in [1.54, 1.807) is 0 Å². The fraction of sp³-hybridized carbons (Fsp3) is 0.909. The first-order valence-electron chi connectivity index (χ1n) is 5.89. The zero-order chi connectivity index (χ0) is 11.2. The van der Waals surface area contributed by atoms with Crippen LogP contribution in [-0.4, -0.2) is 41.8 Å². The number of aliphatic hydroxyl groups is 1. The molecule has 3 aliphatic rings. The lowest BCUT2D eigenvalue weighted by atomic mass is 9.94. The van der Waals surface area contributed by atoms with Gasteiger partial charge in [-0.15, -0.1) is 0 Å². The Morgan fingerprint density at radius 1 is 1.19 bits per heavy atom. The Kier molecular flexibility index (Phi) is 2.51. The predicted octanol–water partition coefficient (Wildman–Crippen LogP) is 0.347. The molecule has 0 amide bonds. The van der Waals surface area contributed by atoms with Crippen molar-refractivity contribution in [2.75, 3.05) is 0 Å². The number of hydrogen-bond donors (Lipinski definition) is 1. The first kappa shape index (κ1) is 10.7. The molecule has 5 nitrogen and oxygen atoms in total. The van der Waals surface area contributed by atoms with E-state index >= 15 is 0 Å². The zero-order valence-corrected chi connectivity index (χ0v) is 9.00. The molecule has 5 heteroatoms. The summed E-state index contributed by atoms with van der Waals surface area (Å²) in [4.78, 5) is 10.6. The van der Waals surface area contributed by atoms with Gasteiger partial charge < -0.3 is 24.1 Å². The van der Waals surface area contributed by atoms with Gasteiger partial charge in [0.25, 0.3) is 0 Å². The van der Waals surface area contributed by atoms with Gasteiger partial charge in [0.1, 0.15) is 18.3 Å². The van der Waals surface area contributed by atoms with Gasteiger partial charge >= 0.3 is 0 Å². The number of rotatable bonds is 1. The molecule has 0 radical (unpaired) electrons. The Morgan fingerprint density at radius 3 is 2.56 bits per heavy atom. The monoisotopic (exact) mass is 228 g/mol.